The number of rotatable bonds is 5. The summed E-state index contributed by atoms with van der Waals surface area (Å²) in [6.07, 6.45) is 1.81. The Kier molecular flexibility index (Phi) is 4.26. The first-order valence-electron chi connectivity index (χ1n) is 5.87. The van der Waals surface area contributed by atoms with E-state index in [9.17, 15) is 4.79 Å². The maximum absolute atomic E-state index is 12.1. The van der Waals surface area contributed by atoms with Gasteiger partial charge in [0.25, 0.3) is 0 Å². The van der Waals surface area contributed by atoms with E-state index in [0.29, 0.717) is 5.56 Å². The molecule has 1 heterocycles. The number of nitrogens with zero attached hydrogens (tertiary/aromatic N) is 4. The third-order valence-corrected chi connectivity index (χ3v) is 2.74. The van der Waals surface area contributed by atoms with Gasteiger partial charge in [0.1, 0.15) is 6.54 Å². The SMILES string of the molecule is [N-]=[N+]=NCc1cccc[n+]1CC(=O)c1ccccc1. The summed E-state index contributed by atoms with van der Waals surface area (Å²) in [5, 5.41) is 3.53. The van der Waals surface area contributed by atoms with Gasteiger partial charge in [-0.15, -0.1) is 0 Å². The summed E-state index contributed by atoms with van der Waals surface area (Å²) in [6.45, 7) is 0.473. The van der Waals surface area contributed by atoms with E-state index < -0.39 is 0 Å². The molecule has 0 atom stereocenters. The van der Waals surface area contributed by atoms with Crippen LogP contribution in [0.5, 0.6) is 0 Å². The third kappa shape index (κ3) is 3.40. The smallest absolute Gasteiger partial charge is 0.227 e. The zero-order chi connectivity index (χ0) is 13.5. The normalized spacial score (nSPS) is 9.68. The summed E-state index contributed by atoms with van der Waals surface area (Å²) in [5.74, 6) is 0.0268. The Labute approximate surface area is 110 Å². The van der Waals surface area contributed by atoms with E-state index in [1.165, 1.54) is 0 Å². The molecule has 0 fully saturated rings. The molecule has 94 valence electrons. The van der Waals surface area contributed by atoms with Crippen LogP contribution in [0, 0.1) is 0 Å². The molecule has 1 aromatic carbocycles. The molecule has 1 aromatic heterocycles. The Bertz CT molecular complexity index is 618. The molecular formula is C14H13N4O+. The molecule has 19 heavy (non-hydrogen) atoms. The van der Waals surface area contributed by atoms with E-state index in [-0.39, 0.29) is 18.9 Å². The van der Waals surface area contributed by atoms with Gasteiger partial charge in [-0.3, -0.25) is 4.79 Å². The molecule has 0 spiro atoms. The summed E-state index contributed by atoms with van der Waals surface area (Å²) in [4.78, 5) is 14.9. The Morgan fingerprint density at radius 3 is 2.63 bits per heavy atom. The summed E-state index contributed by atoms with van der Waals surface area (Å²) >= 11 is 0. The first-order chi connectivity index (χ1) is 9.31. The van der Waals surface area contributed by atoms with Crippen molar-refractivity contribution in [1.82, 2.24) is 0 Å². The van der Waals surface area contributed by atoms with Gasteiger partial charge in [-0.05, 0) is 5.53 Å². The molecule has 0 aliphatic heterocycles. The summed E-state index contributed by atoms with van der Waals surface area (Å²) < 4.78 is 1.80. The topological polar surface area (TPSA) is 69.7 Å². The number of ketones is 1. The summed E-state index contributed by atoms with van der Waals surface area (Å²) in [5.41, 5.74) is 9.84. The Morgan fingerprint density at radius 2 is 1.89 bits per heavy atom. The highest BCUT2D eigenvalue weighted by atomic mass is 16.1. The minimum Gasteiger partial charge on any atom is -0.287 e. The highest BCUT2D eigenvalue weighted by molar-refractivity contribution is 5.94. The van der Waals surface area contributed by atoms with E-state index >= 15 is 0 Å². The number of Topliss-reactive ketones (excluding diaryl/α,β-unsaturated/α-hetero) is 1. The first kappa shape index (κ1) is 12.8. The Balaban J connectivity index is 2.19. The summed E-state index contributed by atoms with van der Waals surface area (Å²) in [6, 6.07) is 14.7. The number of benzene rings is 1. The van der Waals surface area contributed by atoms with Crippen molar-refractivity contribution >= 4 is 5.78 Å². The van der Waals surface area contributed by atoms with Crippen LogP contribution in [0.25, 0.3) is 10.4 Å². The monoisotopic (exact) mass is 253 g/mol. The van der Waals surface area contributed by atoms with E-state index in [1.807, 2.05) is 42.6 Å². The zero-order valence-electron chi connectivity index (χ0n) is 10.3. The fourth-order valence-corrected chi connectivity index (χ4v) is 1.78. The molecule has 0 amide bonds. The van der Waals surface area contributed by atoms with Crippen LogP contribution in [0.15, 0.2) is 59.8 Å². The Morgan fingerprint density at radius 1 is 1.16 bits per heavy atom. The molecule has 2 rings (SSSR count). The molecule has 0 radical (unpaired) electrons. The molecule has 0 saturated heterocycles. The fraction of sp³-hybridized carbons (Fsp3) is 0.143. The lowest BCUT2D eigenvalue weighted by molar-refractivity contribution is -0.690. The maximum Gasteiger partial charge on any atom is 0.227 e. The van der Waals surface area contributed by atoms with Crippen LogP contribution in [0.3, 0.4) is 0 Å². The zero-order valence-corrected chi connectivity index (χ0v) is 10.3. The van der Waals surface area contributed by atoms with Gasteiger partial charge in [-0.25, -0.2) is 0 Å². The van der Waals surface area contributed by atoms with Crippen LogP contribution in [-0.2, 0) is 13.1 Å². The van der Waals surface area contributed by atoms with E-state index in [1.54, 1.807) is 16.7 Å². The van der Waals surface area contributed by atoms with Crippen LogP contribution < -0.4 is 4.57 Å². The molecule has 0 saturated carbocycles. The predicted molar refractivity (Wildman–Crippen MR) is 70.3 cm³/mol. The number of hydrogen-bond donors (Lipinski definition) is 0. The quantitative estimate of drug-likeness (QED) is 0.265. The number of azide groups is 1. The highest BCUT2D eigenvalue weighted by Crippen LogP contribution is 2.01. The van der Waals surface area contributed by atoms with E-state index in [0.717, 1.165) is 5.69 Å². The van der Waals surface area contributed by atoms with Gasteiger partial charge in [0.15, 0.2) is 11.9 Å². The van der Waals surface area contributed by atoms with Gasteiger partial charge in [-0.1, -0.05) is 41.5 Å². The van der Waals surface area contributed by atoms with Crippen molar-refractivity contribution in [3.8, 4) is 0 Å². The molecule has 0 N–H and O–H groups in total. The second-order valence-corrected chi connectivity index (χ2v) is 4.00. The lowest BCUT2D eigenvalue weighted by atomic mass is 10.1. The third-order valence-electron chi connectivity index (χ3n) is 2.74. The van der Waals surface area contributed by atoms with Crippen molar-refractivity contribution in [2.24, 2.45) is 5.11 Å². The van der Waals surface area contributed by atoms with Crippen molar-refractivity contribution in [2.75, 3.05) is 0 Å². The maximum atomic E-state index is 12.1. The molecule has 0 aliphatic carbocycles. The van der Waals surface area contributed by atoms with Crippen LogP contribution in [-0.4, -0.2) is 5.78 Å². The minimum atomic E-state index is 0.0268. The first-order valence-corrected chi connectivity index (χ1v) is 5.87. The molecule has 0 unspecified atom stereocenters. The molecular weight excluding hydrogens is 240 g/mol. The predicted octanol–water partition coefficient (Wildman–Crippen LogP) is 2.67. The van der Waals surface area contributed by atoms with Crippen LogP contribution >= 0.6 is 0 Å². The lowest BCUT2D eigenvalue weighted by Crippen LogP contribution is -2.41. The Hall–Kier alpha value is -2.65. The van der Waals surface area contributed by atoms with Crippen LogP contribution in [0.4, 0.5) is 0 Å². The molecule has 0 aliphatic rings. The van der Waals surface area contributed by atoms with E-state index in [2.05, 4.69) is 10.0 Å². The van der Waals surface area contributed by atoms with Crippen molar-refractivity contribution in [3.05, 3.63) is 76.4 Å². The minimum absolute atomic E-state index is 0.0268. The van der Waals surface area contributed by atoms with Gasteiger partial charge in [-0.2, -0.15) is 4.57 Å². The highest BCUT2D eigenvalue weighted by Gasteiger charge is 2.15. The second-order valence-electron chi connectivity index (χ2n) is 4.00. The van der Waals surface area contributed by atoms with Gasteiger partial charge in [0, 0.05) is 22.6 Å². The van der Waals surface area contributed by atoms with Crippen LogP contribution in [0.1, 0.15) is 16.1 Å². The average molecular weight is 253 g/mol. The standard InChI is InChI=1S/C14H13N4O/c15-17-16-10-13-8-4-5-9-18(13)11-14(19)12-6-2-1-3-7-12/h1-9H,10-11H2/q+1. The fourth-order valence-electron chi connectivity index (χ4n) is 1.78. The molecule has 2 aromatic rings. The van der Waals surface area contributed by atoms with Gasteiger partial charge in [0.05, 0.1) is 0 Å². The lowest BCUT2D eigenvalue weighted by Gasteiger charge is -2.01. The summed E-state index contributed by atoms with van der Waals surface area (Å²) in [7, 11) is 0. The molecule has 5 heteroatoms. The van der Waals surface area contributed by atoms with Gasteiger partial charge < -0.3 is 0 Å². The number of carbonyl (C=O) groups is 1. The molecule has 0 bridgehead atoms. The van der Waals surface area contributed by atoms with Crippen molar-refractivity contribution in [2.45, 2.75) is 13.1 Å². The molecule has 5 nitrogen and oxygen atoms in total. The van der Waals surface area contributed by atoms with E-state index in [4.69, 9.17) is 5.53 Å². The number of aromatic nitrogens is 1. The second kappa shape index (κ2) is 6.33. The number of hydrogen-bond acceptors (Lipinski definition) is 2. The largest absolute Gasteiger partial charge is 0.287 e. The van der Waals surface area contributed by atoms with Gasteiger partial charge >= 0.3 is 0 Å². The van der Waals surface area contributed by atoms with Crippen molar-refractivity contribution < 1.29 is 9.36 Å². The number of pyridine rings is 1. The number of carbonyl (C=O) groups excluding carboxylic acids is 1. The van der Waals surface area contributed by atoms with Crippen molar-refractivity contribution in [3.63, 3.8) is 0 Å². The van der Waals surface area contributed by atoms with Gasteiger partial charge in [0.2, 0.25) is 12.3 Å². The van der Waals surface area contributed by atoms with Crippen molar-refractivity contribution in [1.29, 1.82) is 0 Å². The average Bonchev–Trinajstić information content (AvgIpc) is 2.47. The van der Waals surface area contributed by atoms with Crippen LogP contribution in [0.2, 0.25) is 0 Å².